The van der Waals surface area contributed by atoms with Gasteiger partial charge in [-0.2, -0.15) is 11.8 Å². The Balaban J connectivity index is 1.60. The molecule has 2 heterocycles. The van der Waals surface area contributed by atoms with E-state index in [4.69, 9.17) is 0 Å². The van der Waals surface area contributed by atoms with Gasteiger partial charge in [-0.25, -0.2) is 0 Å². The maximum Gasteiger partial charge on any atom is 0.248 e. The van der Waals surface area contributed by atoms with Gasteiger partial charge in [-0.3, -0.25) is 14.5 Å². The van der Waals surface area contributed by atoms with Gasteiger partial charge in [0.1, 0.15) is 5.54 Å². The summed E-state index contributed by atoms with van der Waals surface area (Å²) in [7, 11) is 0. The molecule has 0 unspecified atom stereocenters. The first-order valence-corrected chi connectivity index (χ1v) is 8.76. The SMILES string of the molecule is O=C1CN(CCN2CCSCC2)C(=O)C2(CCCC2)N1. The molecule has 1 spiro atoms. The topological polar surface area (TPSA) is 52.7 Å². The Kier molecular flexibility index (Phi) is 4.21. The van der Waals surface area contributed by atoms with Crippen LogP contribution < -0.4 is 5.32 Å². The molecule has 0 bridgehead atoms. The molecule has 1 saturated carbocycles. The second kappa shape index (κ2) is 5.93. The zero-order valence-corrected chi connectivity index (χ0v) is 12.7. The van der Waals surface area contributed by atoms with Crippen LogP contribution in [0.5, 0.6) is 0 Å². The van der Waals surface area contributed by atoms with Gasteiger partial charge >= 0.3 is 0 Å². The van der Waals surface area contributed by atoms with Crippen molar-refractivity contribution in [3.8, 4) is 0 Å². The molecule has 2 amide bonds. The predicted octanol–water partition coefficient (Wildman–Crippen LogP) is 0.306. The highest BCUT2D eigenvalue weighted by molar-refractivity contribution is 7.99. The lowest BCUT2D eigenvalue weighted by atomic mass is 9.93. The average Bonchev–Trinajstić information content (AvgIpc) is 2.92. The molecule has 3 aliphatic rings. The molecule has 6 heteroatoms. The van der Waals surface area contributed by atoms with Crippen LogP contribution in [0.25, 0.3) is 0 Å². The molecular formula is C14H23N3O2S. The largest absolute Gasteiger partial charge is 0.340 e. The summed E-state index contributed by atoms with van der Waals surface area (Å²) in [6, 6.07) is 0. The van der Waals surface area contributed by atoms with Crippen LogP contribution in [0.4, 0.5) is 0 Å². The number of piperazine rings is 1. The fourth-order valence-corrected chi connectivity index (χ4v) is 4.47. The number of hydrogen-bond donors (Lipinski definition) is 1. The predicted molar refractivity (Wildman–Crippen MR) is 79.7 cm³/mol. The summed E-state index contributed by atoms with van der Waals surface area (Å²) in [5.41, 5.74) is -0.562. The van der Waals surface area contributed by atoms with E-state index in [9.17, 15) is 9.59 Å². The first-order chi connectivity index (χ1) is 9.70. The second-order valence-corrected chi connectivity index (χ2v) is 7.24. The van der Waals surface area contributed by atoms with E-state index in [2.05, 4.69) is 10.2 Å². The lowest BCUT2D eigenvalue weighted by Gasteiger charge is -2.40. The van der Waals surface area contributed by atoms with Crippen LogP contribution in [0.1, 0.15) is 25.7 Å². The van der Waals surface area contributed by atoms with Crippen molar-refractivity contribution in [2.45, 2.75) is 31.2 Å². The third-order valence-electron chi connectivity index (χ3n) is 4.66. The van der Waals surface area contributed by atoms with Crippen LogP contribution in [-0.2, 0) is 9.59 Å². The van der Waals surface area contributed by atoms with Gasteiger partial charge in [0, 0.05) is 37.7 Å². The Labute approximate surface area is 124 Å². The Morgan fingerprint density at radius 2 is 1.80 bits per heavy atom. The number of thioether (sulfide) groups is 1. The van der Waals surface area contributed by atoms with Gasteiger partial charge in [0.2, 0.25) is 11.8 Å². The summed E-state index contributed by atoms with van der Waals surface area (Å²) in [5, 5.41) is 2.96. The molecule has 2 saturated heterocycles. The van der Waals surface area contributed by atoms with E-state index in [1.165, 1.54) is 11.5 Å². The summed E-state index contributed by atoms with van der Waals surface area (Å²) in [4.78, 5) is 28.7. The molecule has 1 aliphatic carbocycles. The molecule has 0 aromatic rings. The van der Waals surface area contributed by atoms with Gasteiger partial charge in [0.15, 0.2) is 0 Å². The highest BCUT2D eigenvalue weighted by Crippen LogP contribution is 2.33. The van der Waals surface area contributed by atoms with Crippen LogP contribution in [0.2, 0.25) is 0 Å². The van der Waals surface area contributed by atoms with E-state index in [0.717, 1.165) is 45.3 Å². The summed E-state index contributed by atoms with van der Waals surface area (Å²) in [6.07, 6.45) is 3.72. The lowest BCUT2D eigenvalue weighted by Crippen LogP contribution is -2.66. The summed E-state index contributed by atoms with van der Waals surface area (Å²) < 4.78 is 0. The van der Waals surface area contributed by atoms with Crippen molar-refractivity contribution < 1.29 is 9.59 Å². The molecule has 112 valence electrons. The molecule has 20 heavy (non-hydrogen) atoms. The fraction of sp³-hybridized carbons (Fsp3) is 0.857. The Morgan fingerprint density at radius 3 is 2.50 bits per heavy atom. The first kappa shape index (κ1) is 14.2. The quantitative estimate of drug-likeness (QED) is 0.814. The number of rotatable bonds is 3. The molecule has 0 aromatic carbocycles. The number of carbonyl (C=O) groups is 2. The Hall–Kier alpha value is -0.750. The zero-order valence-electron chi connectivity index (χ0n) is 11.9. The third kappa shape index (κ3) is 2.81. The molecule has 1 N–H and O–H groups in total. The molecule has 0 aromatic heterocycles. The van der Waals surface area contributed by atoms with Crippen molar-refractivity contribution in [2.24, 2.45) is 0 Å². The second-order valence-electron chi connectivity index (χ2n) is 6.02. The fourth-order valence-electron chi connectivity index (χ4n) is 3.49. The van der Waals surface area contributed by atoms with E-state index in [1.807, 2.05) is 11.8 Å². The molecule has 0 radical (unpaired) electrons. The van der Waals surface area contributed by atoms with E-state index in [-0.39, 0.29) is 18.4 Å². The number of hydrogen-bond acceptors (Lipinski definition) is 4. The average molecular weight is 297 g/mol. The van der Waals surface area contributed by atoms with E-state index < -0.39 is 5.54 Å². The van der Waals surface area contributed by atoms with Crippen molar-refractivity contribution in [3.05, 3.63) is 0 Å². The van der Waals surface area contributed by atoms with Crippen molar-refractivity contribution >= 4 is 23.6 Å². The van der Waals surface area contributed by atoms with E-state index in [1.54, 1.807) is 4.90 Å². The maximum atomic E-state index is 12.7. The molecule has 3 rings (SSSR count). The van der Waals surface area contributed by atoms with Gasteiger partial charge in [-0.05, 0) is 12.8 Å². The number of nitrogens with one attached hydrogen (secondary N) is 1. The van der Waals surface area contributed by atoms with Gasteiger partial charge in [-0.1, -0.05) is 12.8 Å². The van der Waals surface area contributed by atoms with Crippen LogP contribution >= 0.6 is 11.8 Å². The van der Waals surface area contributed by atoms with Crippen LogP contribution in [0, 0.1) is 0 Å². The monoisotopic (exact) mass is 297 g/mol. The maximum absolute atomic E-state index is 12.7. The molecule has 5 nitrogen and oxygen atoms in total. The van der Waals surface area contributed by atoms with Crippen molar-refractivity contribution in [2.75, 3.05) is 44.2 Å². The highest BCUT2D eigenvalue weighted by Gasteiger charge is 2.48. The number of carbonyl (C=O) groups excluding carboxylic acids is 2. The van der Waals surface area contributed by atoms with Crippen LogP contribution in [0.15, 0.2) is 0 Å². The van der Waals surface area contributed by atoms with E-state index in [0.29, 0.717) is 6.54 Å². The molecule has 0 atom stereocenters. The minimum Gasteiger partial charge on any atom is -0.340 e. The van der Waals surface area contributed by atoms with E-state index >= 15 is 0 Å². The molecule has 3 fully saturated rings. The Bertz CT molecular complexity index is 390. The van der Waals surface area contributed by atoms with Gasteiger partial charge < -0.3 is 10.2 Å². The minimum absolute atomic E-state index is 0.0145. The third-order valence-corrected chi connectivity index (χ3v) is 5.60. The number of amides is 2. The summed E-state index contributed by atoms with van der Waals surface area (Å²) in [5.74, 6) is 2.53. The smallest absolute Gasteiger partial charge is 0.248 e. The van der Waals surface area contributed by atoms with Crippen molar-refractivity contribution in [1.29, 1.82) is 0 Å². The molecule has 2 aliphatic heterocycles. The normalized spacial score (nSPS) is 27.1. The number of nitrogens with zero attached hydrogens (tertiary/aromatic N) is 2. The highest BCUT2D eigenvalue weighted by atomic mass is 32.2. The van der Waals surface area contributed by atoms with Gasteiger partial charge in [-0.15, -0.1) is 0 Å². The zero-order chi connectivity index (χ0) is 14.0. The van der Waals surface area contributed by atoms with Crippen molar-refractivity contribution in [3.63, 3.8) is 0 Å². The van der Waals surface area contributed by atoms with Gasteiger partial charge in [0.05, 0.1) is 6.54 Å². The lowest BCUT2D eigenvalue weighted by molar-refractivity contribution is -0.149. The summed E-state index contributed by atoms with van der Waals surface area (Å²) in [6.45, 7) is 4.03. The standard InChI is InChI=1S/C14H23N3O2S/c18-12-11-17(6-5-16-7-9-20-10-8-16)13(19)14(15-12)3-1-2-4-14/h1-11H2,(H,15,18). The minimum atomic E-state index is -0.562. The van der Waals surface area contributed by atoms with Crippen LogP contribution in [-0.4, -0.2) is 71.4 Å². The van der Waals surface area contributed by atoms with Crippen LogP contribution in [0.3, 0.4) is 0 Å². The molecular weight excluding hydrogens is 274 g/mol. The first-order valence-electron chi connectivity index (χ1n) is 7.60. The van der Waals surface area contributed by atoms with Gasteiger partial charge in [0.25, 0.3) is 0 Å². The summed E-state index contributed by atoms with van der Waals surface area (Å²) >= 11 is 1.99. The van der Waals surface area contributed by atoms with Crippen molar-refractivity contribution in [1.82, 2.24) is 15.1 Å². The Morgan fingerprint density at radius 1 is 1.10 bits per heavy atom.